The lowest BCUT2D eigenvalue weighted by Gasteiger charge is -2.19. The van der Waals surface area contributed by atoms with Gasteiger partial charge in [0.25, 0.3) is 0 Å². The highest BCUT2D eigenvalue weighted by Gasteiger charge is 2.19. The minimum atomic E-state index is -0.493. The fraction of sp³-hybridized carbons (Fsp3) is 0.636. The molecule has 2 aromatic rings. The van der Waals surface area contributed by atoms with E-state index in [9.17, 15) is 10.2 Å². The summed E-state index contributed by atoms with van der Waals surface area (Å²) in [5, 5.41) is 23.2. The molecule has 0 saturated heterocycles. The van der Waals surface area contributed by atoms with Gasteiger partial charge >= 0.3 is 0 Å². The van der Waals surface area contributed by atoms with Crippen molar-refractivity contribution in [3.8, 4) is 0 Å². The first-order valence-electron chi connectivity index (χ1n) is 14.9. The van der Waals surface area contributed by atoms with Crippen LogP contribution in [-0.4, -0.2) is 22.8 Å². The van der Waals surface area contributed by atoms with Gasteiger partial charge in [-0.15, -0.1) is 0 Å². The van der Waals surface area contributed by atoms with Crippen molar-refractivity contribution in [3.63, 3.8) is 0 Å². The summed E-state index contributed by atoms with van der Waals surface area (Å²) >= 11 is 0. The van der Waals surface area contributed by atoms with Gasteiger partial charge in [0.15, 0.2) is 0 Å². The molecule has 2 rings (SSSR count). The molecule has 37 heavy (non-hydrogen) atoms. The summed E-state index contributed by atoms with van der Waals surface area (Å²) in [6, 6.07) is 18.4. The molecular formula is C33H54ClNO2. The topological polar surface area (TPSA) is 57.1 Å². The third-order valence-corrected chi connectivity index (χ3v) is 7.55. The Morgan fingerprint density at radius 3 is 1.70 bits per heavy atom. The van der Waals surface area contributed by atoms with E-state index in [1.807, 2.05) is 37.3 Å². The Morgan fingerprint density at radius 1 is 0.649 bits per heavy atom. The largest absolute Gasteiger partial charge is 1.00 e. The van der Waals surface area contributed by atoms with E-state index in [1.54, 1.807) is 0 Å². The standard InChI is InChI=1S/C33H53NO2.ClH/c1-3-4-5-6-7-8-9-10-11-12-13-14-16-19-29-22-24-30(25-23-29)32(35)26-27-34-28(2)33(36)31-20-17-15-18-21-31;/h15,17-18,20-25,28,32-36H,3-14,16,19,26-27H2,1-2H3;1H. The molecule has 0 aromatic heterocycles. The van der Waals surface area contributed by atoms with E-state index in [1.165, 1.54) is 89.0 Å². The minimum absolute atomic E-state index is 0. The second kappa shape index (κ2) is 21.5. The normalized spacial score (nSPS) is 13.6. The Hall–Kier alpha value is -1.39. The fourth-order valence-corrected chi connectivity index (χ4v) is 5.02. The summed E-state index contributed by atoms with van der Waals surface area (Å²) in [6.07, 6.45) is 19.0. The second-order valence-electron chi connectivity index (χ2n) is 10.8. The Bertz CT molecular complexity index is 768. The maximum atomic E-state index is 10.6. The van der Waals surface area contributed by atoms with Gasteiger partial charge < -0.3 is 27.9 Å². The number of aliphatic hydroxyl groups is 2. The van der Waals surface area contributed by atoms with Crippen molar-refractivity contribution >= 4 is 0 Å². The van der Waals surface area contributed by atoms with Crippen molar-refractivity contribution in [2.75, 3.05) is 6.54 Å². The van der Waals surface area contributed by atoms with Gasteiger partial charge in [-0.3, -0.25) is 0 Å². The minimum Gasteiger partial charge on any atom is -1.00 e. The maximum Gasteiger partial charge on any atom is 0.130 e. The molecule has 210 valence electrons. The molecule has 4 heteroatoms. The summed E-state index contributed by atoms with van der Waals surface area (Å²) in [5.74, 6) is 0. The van der Waals surface area contributed by atoms with E-state index >= 15 is 0 Å². The predicted molar refractivity (Wildman–Crippen MR) is 153 cm³/mol. The van der Waals surface area contributed by atoms with Crippen molar-refractivity contribution in [1.29, 1.82) is 0 Å². The van der Waals surface area contributed by atoms with Crippen LogP contribution in [0.25, 0.3) is 0 Å². The molecule has 0 aliphatic heterocycles. The van der Waals surface area contributed by atoms with Crippen LogP contribution in [0.2, 0.25) is 0 Å². The molecule has 0 saturated carbocycles. The molecule has 3 nitrogen and oxygen atoms in total. The van der Waals surface area contributed by atoms with Gasteiger partial charge in [-0.1, -0.05) is 139 Å². The third kappa shape index (κ3) is 15.0. The van der Waals surface area contributed by atoms with Gasteiger partial charge in [-0.25, -0.2) is 0 Å². The van der Waals surface area contributed by atoms with Crippen LogP contribution in [0, 0.1) is 0 Å². The van der Waals surface area contributed by atoms with E-state index in [0.29, 0.717) is 6.42 Å². The van der Waals surface area contributed by atoms with E-state index < -0.39 is 12.2 Å². The van der Waals surface area contributed by atoms with E-state index in [0.717, 1.165) is 24.1 Å². The molecule has 0 bridgehead atoms. The quantitative estimate of drug-likeness (QED) is 0.209. The summed E-state index contributed by atoms with van der Waals surface area (Å²) in [7, 11) is 0. The van der Waals surface area contributed by atoms with Crippen LogP contribution in [0.4, 0.5) is 0 Å². The number of hydrogen-bond acceptors (Lipinski definition) is 2. The zero-order valence-corrected chi connectivity index (χ0v) is 24.3. The molecule has 3 unspecified atom stereocenters. The van der Waals surface area contributed by atoms with E-state index in [2.05, 4.69) is 36.5 Å². The lowest BCUT2D eigenvalue weighted by molar-refractivity contribution is -0.695. The van der Waals surface area contributed by atoms with Gasteiger partial charge in [0, 0.05) is 6.42 Å². The first-order chi connectivity index (χ1) is 17.6. The van der Waals surface area contributed by atoms with E-state index in [4.69, 9.17) is 0 Å². The number of nitrogens with two attached hydrogens (primary N) is 1. The highest BCUT2D eigenvalue weighted by Crippen LogP contribution is 2.19. The Balaban J connectivity index is 0.00000684. The number of quaternary nitrogens is 1. The average Bonchev–Trinajstić information content (AvgIpc) is 2.91. The van der Waals surface area contributed by atoms with Crippen LogP contribution >= 0.6 is 0 Å². The van der Waals surface area contributed by atoms with Crippen LogP contribution in [-0.2, 0) is 6.42 Å². The molecule has 0 heterocycles. The smallest absolute Gasteiger partial charge is 0.130 e. The van der Waals surface area contributed by atoms with Crippen molar-refractivity contribution in [3.05, 3.63) is 71.3 Å². The maximum absolute atomic E-state index is 10.6. The summed E-state index contributed by atoms with van der Waals surface area (Å²) in [5.41, 5.74) is 3.31. The molecule has 0 amide bonds. The Morgan fingerprint density at radius 2 is 1.16 bits per heavy atom. The van der Waals surface area contributed by atoms with Crippen LogP contribution in [0.15, 0.2) is 54.6 Å². The Labute approximate surface area is 233 Å². The monoisotopic (exact) mass is 531 g/mol. The van der Waals surface area contributed by atoms with Crippen LogP contribution < -0.4 is 17.7 Å². The molecule has 0 radical (unpaired) electrons. The third-order valence-electron chi connectivity index (χ3n) is 7.55. The molecule has 0 fully saturated rings. The number of halogens is 1. The van der Waals surface area contributed by atoms with Gasteiger partial charge in [0.1, 0.15) is 12.1 Å². The molecule has 2 aromatic carbocycles. The predicted octanol–water partition coefficient (Wildman–Crippen LogP) is 4.43. The van der Waals surface area contributed by atoms with Crippen LogP contribution in [0.5, 0.6) is 0 Å². The molecule has 4 N–H and O–H groups in total. The first-order valence-corrected chi connectivity index (χ1v) is 14.9. The van der Waals surface area contributed by atoms with Crippen molar-refractivity contribution in [2.24, 2.45) is 0 Å². The second-order valence-corrected chi connectivity index (χ2v) is 10.8. The van der Waals surface area contributed by atoms with E-state index in [-0.39, 0.29) is 18.4 Å². The van der Waals surface area contributed by atoms with Gasteiger partial charge in [0.2, 0.25) is 0 Å². The molecule has 0 spiro atoms. The first kappa shape index (κ1) is 33.6. The van der Waals surface area contributed by atoms with Crippen LogP contribution in [0.3, 0.4) is 0 Å². The highest BCUT2D eigenvalue weighted by molar-refractivity contribution is 5.24. The molecular weight excluding hydrogens is 478 g/mol. The number of unbranched alkanes of at least 4 members (excludes halogenated alkanes) is 12. The summed E-state index contributed by atoms with van der Waals surface area (Å²) < 4.78 is 0. The number of hydrogen-bond donors (Lipinski definition) is 3. The van der Waals surface area contributed by atoms with Crippen molar-refractivity contribution in [2.45, 2.75) is 128 Å². The van der Waals surface area contributed by atoms with Crippen molar-refractivity contribution in [1.82, 2.24) is 0 Å². The summed E-state index contributed by atoms with van der Waals surface area (Å²) in [4.78, 5) is 0. The van der Waals surface area contributed by atoms with Gasteiger partial charge in [-0.2, -0.15) is 0 Å². The van der Waals surface area contributed by atoms with Gasteiger partial charge in [0.05, 0.1) is 12.6 Å². The zero-order valence-electron chi connectivity index (χ0n) is 23.6. The number of rotatable bonds is 21. The lowest BCUT2D eigenvalue weighted by Crippen LogP contribution is -3.00. The lowest BCUT2D eigenvalue weighted by atomic mass is 10.00. The van der Waals surface area contributed by atoms with Gasteiger partial charge in [-0.05, 0) is 36.5 Å². The molecule has 3 atom stereocenters. The SMILES string of the molecule is CCCCCCCCCCCCCCCc1ccc(C(O)CC[NH2+]C(C)C(O)c2ccccc2)cc1.[Cl-]. The fourth-order valence-electron chi connectivity index (χ4n) is 5.02. The number of aryl methyl sites for hydroxylation is 1. The average molecular weight is 532 g/mol. The van der Waals surface area contributed by atoms with Crippen molar-refractivity contribution < 1.29 is 27.9 Å². The van der Waals surface area contributed by atoms with Crippen LogP contribution in [0.1, 0.15) is 133 Å². The molecule has 0 aliphatic rings. The highest BCUT2D eigenvalue weighted by atomic mass is 35.5. The summed E-state index contributed by atoms with van der Waals surface area (Å²) in [6.45, 7) is 5.11. The molecule has 0 aliphatic carbocycles. The zero-order chi connectivity index (χ0) is 25.8. The number of aliphatic hydroxyl groups excluding tert-OH is 2. The number of benzene rings is 2. The Kier molecular flexibility index (Phi) is 19.6.